The Morgan fingerprint density at radius 3 is 2.57 bits per heavy atom. The topological polar surface area (TPSA) is 118 Å². The average molecular weight is 414 g/mol. The van der Waals surface area contributed by atoms with Crippen LogP contribution in [-0.2, 0) is 15.8 Å². The van der Waals surface area contributed by atoms with E-state index < -0.39 is 24.1 Å². The Hall–Kier alpha value is -2.46. The number of benzene rings is 1. The van der Waals surface area contributed by atoms with Crippen LogP contribution in [0.2, 0.25) is 0 Å². The van der Waals surface area contributed by atoms with Gasteiger partial charge in [-0.2, -0.15) is 4.98 Å². The number of aromatic nitrogens is 2. The molecule has 4 heterocycles. The Kier molecular flexibility index (Phi) is 4.08. The fraction of sp³-hybridized carbons (Fsp3) is 0.524. The quantitative estimate of drug-likeness (QED) is 0.502. The lowest BCUT2D eigenvalue weighted by atomic mass is 9.89. The van der Waals surface area contributed by atoms with Crippen LogP contribution in [0.15, 0.2) is 23.1 Å². The molecule has 0 saturated carbocycles. The van der Waals surface area contributed by atoms with Crippen molar-refractivity contribution in [3.63, 3.8) is 0 Å². The van der Waals surface area contributed by atoms with Gasteiger partial charge in [-0.05, 0) is 51.0 Å². The molecule has 0 amide bonds. The summed E-state index contributed by atoms with van der Waals surface area (Å²) in [6.07, 6.45) is -0.547. The number of fused-ring (bicyclic) bond motifs is 3. The first-order chi connectivity index (χ1) is 14.1. The van der Waals surface area contributed by atoms with E-state index in [2.05, 4.69) is 43.3 Å². The number of ether oxygens (including phenoxy) is 2. The maximum atomic E-state index is 12.6. The van der Waals surface area contributed by atoms with E-state index in [0.717, 1.165) is 11.3 Å². The molecule has 9 nitrogen and oxygen atoms in total. The summed E-state index contributed by atoms with van der Waals surface area (Å²) in [5.41, 5.74) is 2.16. The zero-order chi connectivity index (χ0) is 21.4. The molecule has 1 saturated heterocycles. The zero-order valence-electron chi connectivity index (χ0n) is 17.4. The molecule has 0 bridgehead atoms. The van der Waals surface area contributed by atoms with Crippen molar-refractivity contribution in [2.24, 2.45) is 0 Å². The van der Waals surface area contributed by atoms with E-state index in [9.17, 15) is 15.0 Å². The van der Waals surface area contributed by atoms with Crippen molar-refractivity contribution >= 4 is 11.5 Å². The fourth-order valence-electron chi connectivity index (χ4n) is 4.83. The first-order valence-corrected chi connectivity index (χ1v) is 10.1. The van der Waals surface area contributed by atoms with E-state index in [4.69, 9.17) is 9.47 Å². The predicted octanol–water partition coefficient (Wildman–Crippen LogP) is 1.81. The lowest BCUT2D eigenvalue weighted by Crippen LogP contribution is -2.39. The first kappa shape index (κ1) is 19.5. The molecule has 1 fully saturated rings. The van der Waals surface area contributed by atoms with E-state index >= 15 is 0 Å². The Balaban J connectivity index is 1.52. The molecule has 5 rings (SSSR count). The van der Waals surface area contributed by atoms with Gasteiger partial charge in [-0.25, -0.2) is 4.79 Å². The molecule has 1 aromatic heterocycles. The van der Waals surface area contributed by atoms with Crippen molar-refractivity contribution in [2.75, 3.05) is 11.9 Å². The van der Waals surface area contributed by atoms with E-state index in [-0.39, 0.29) is 24.1 Å². The van der Waals surface area contributed by atoms with Crippen LogP contribution in [0.4, 0.5) is 11.5 Å². The van der Waals surface area contributed by atoms with Crippen LogP contribution in [0.1, 0.15) is 51.5 Å². The Morgan fingerprint density at radius 1 is 1.20 bits per heavy atom. The zero-order valence-corrected chi connectivity index (χ0v) is 17.4. The monoisotopic (exact) mass is 414 g/mol. The summed E-state index contributed by atoms with van der Waals surface area (Å²) in [5.74, 6) is 1.39. The van der Waals surface area contributed by atoms with Gasteiger partial charge in [0.1, 0.15) is 12.3 Å². The lowest BCUT2D eigenvalue weighted by Gasteiger charge is -2.25. The average Bonchev–Trinajstić information content (AvgIpc) is 3.12. The normalized spacial score (nSPS) is 27.6. The summed E-state index contributed by atoms with van der Waals surface area (Å²) in [7, 11) is 0. The Morgan fingerprint density at radius 2 is 1.90 bits per heavy atom. The highest BCUT2D eigenvalue weighted by Crippen LogP contribution is 2.48. The molecule has 0 spiro atoms. The highest BCUT2D eigenvalue weighted by Gasteiger charge is 2.42. The maximum absolute atomic E-state index is 12.6. The smallest absolute Gasteiger partial charge is 0.351 e. The molecular formula is C21H26N4O5. The third-order valence-electron chi connectivity index (χ3n) is 6.18. The summed E-state index contributed by atoms with van der Waals surface area (Å²) >= 11 is 0. The lowest BCUT2D eigenvalue weighted by molar-refractivity contribution is -0.0459. The third-order valence-corrected chi connectivity index (χ3v) is 6.18. The van der Waals surface area contributed by atoms with Crippen molar-refractivity contribution in [3.05, 3.63) is 39.9 Å². The van der Waals surface area contributed by atoms with Crippen LogP contribution in [0, 0.1) is 0 Å². The SMILES string of the molecule is CC1(C)NC(C)(C)c2cc3c(cc21)Nc1nc(=O)n([C@H]2C[C@@H](O)[C@@H](CO)O2)cc1O3. The summed E-state index contributed by atoms with van der Waals surface area (Å²) in [6, 6.07) is 4.07. The second-order valence-electron chi connectivity index (χ2n) is 9.25. The molecule has 0 radical (unpaired) electrons. The van der Waals surface area contributed by atoms with Crippen molar-refractivity contribution in [3.8, 4) is 11.5 Å². The molecule has 9 heteroatoms. The van der Waals surface area contributed by atoms with Crippen LogP contribution in [-0.4, -0.2) is 38.6 Å². The minimum Gasteiger partial charge on any atom is -0.450 e. The summed E-state index contributed by atoms with van der Waals surface area (Å²) in [6.45, 7) is 8.23. The summed E-state index contributed by atoms with van der Waals surface area (Å²) in [5, 5.41) is 26.1. The van der Waals surface area contributed by atoms with Crippen LogP contribution in [0.5, 0.6) is 11.5 Å². The molecule has 3 aliphatic rings. The molecule has 0 aliphatic carbocycles. The minimum absolute atomic E-state index is 0.193. The van der Waals surface area contributed by atoms with Gasteiger partial charge in [0.25, 0.3) is 0 Å². The van der Waals surface area contributed by atoms with Crippen molar-refractivity contribution in [2.45, 2.75) is 63.6 Å². The first-order valence-electron chi connectivity index (χ1n) is 10.1. The molecule has 3 atom stereocenters. The molecule has 30 heavy (non-hydrogen) atoms. The van der Waals surface area contributed by atoms with E-state index in [1.54, 1.807) is 0 Å². The van der Waals surface area contributed by atoms with Gasteiger partial charge in [-0.3, -0.25) is 9.88 Å². The number of hydrogen-bond acceptors (Lipinski definition) is 8. The molecule has 3 aliphatic heterocycles. The van der Waals surface area contributed by atoms with Crippen LogP contribution < -0.4 is 21.1 Å². The highest BCUT2D eigenvalue weighted by atomic mass is 16.5. The number of rotatable bonds is 2. The fourth-order valence-corrected chi connectivity index (χ4v) is 4.83. The second-order valence-corrected chi connectivity index (χ2v) is 9.25. The molecular weight excluding hydrogens is 388 g/mol. The van der Waals surface area contributed by atoms with Gasteiger partial charge in [0.05, 0.1) is 24.6 Å². The predicted molar refractivity (Wildman–Crippen MR) is 109 cm³/mol. The number of nitrogens with one attached hydrogen (secondary N) is 2. The van der Waals surface area contributed by atoms with Gasteiger partial charge < -0.3 is 25.0 Å². The van der Waals surface area contributed by atoms with Crippen molar-refractivity contribution < 1.29 is 19.7 Å². The van der Waals surface area contributed by atoms with Gasteiger partial charge in [-0.15, -0.1) is 0 Å². The van der Waals surface area contributed by atoms with Gasteiger partial charge in [0, 0.05) is 17.5 Å². The standard InChI is InChI=1S/C21H26N4O5/c1-20(2)10-5-12-14(6-11(10)21(3,4)24-20)29-15-8-25(19(28)23-18(15)22-12)17-7-13(27)16(9-26)30-17/h5-6,8,13,16-17,24,26-27H,7,9H2,1-4H3,(H,22,23,28)/t13-,16-,17-/m1/s1. The van der Waals surface area contributed by atoms with Gasteiger partial charge in [0.2, 0.25) is 0 Å². The number of aliphatic hydroxyl groups is 2. The van der Waals surface area contributed by atoms with Crippen LogP contribution in [0.25, 0.3) is 0 Å². The number of anilines is 2. The number of hydrogen-bond donors (Lipinski definition) is 4. The molecule has 0 unspecified atom stereocenters. The Labute approximate surface area is 173 Å². The summed E-state index contributed by atoms with van der Waals surface area (Å²) in [4.78, 5) is 16.7. The molecule has 2 aromatic rings. The van der Waals surface area contributed by atoms with Crippen molar-refractivity contribution in [1.29, 1.82) is 0 Å². The summed E-state index contributed by atoms with van der Waals surface area (Å²) < 4.78 is 13.0. The largest absolute Gasteiger partial charge is 0.450 e. The van der Waals surface area contributed by atoms with Crippen molar-refractivity contribution in [1.82, 2.24) is 14.9 Å². The van der Waals surface area contributed by atoms with E-state index in [0.29, 0.717) is 17.3 Å². The molecule has 1 aromatic carbocycles. The van der Waals surface area contributed by atoms with E-state index in [1.165, 1.54) is 16.3 Å². The minimum atomic E-state index is -0.844. The van der Waals surface area contributed by atoms with Gasteiger partial charge in [0.15, 0.2) is 17.3 Å². The second kappa shape index (κ2) is 6.27. The van der Waals surface area contributed by atoms with Gasteiger partial charge >= 0.3 is 5.69 Å². The highest BCUT2D eigenvalue weighted by molar-refractivity contribution is 5.75. The number of nitrogens with zero attached hydrogens (tertiary/aromatic N) is 2. The number of aliphatic hydroxyl groups excluding tert-OH is 2. The molecule has 4 N–H and O–H groups in total. The molecule has 160 valence electrons. The van der Waals surface area contributed by atoms with Crippen LogP contribution >= 0.6 is 0 Å². The Bertz CT molecular complexity index is 1090. The van der Waals surface area contributed by atoms with Crippen LogP contribution in [0.3, 0.4) is 0 Å². The maximum Gasteiger partial charge on any atom is 0.351 e. The third kappa shape index (κ3) is 2.84. The van der Waals surface area contributed by atoms with E-state index in [1.807, 2.05) is 12.1 Å². The van der Waals surface area contributed by atoms with Gasteiger partial charge in [-0.1, -0.05) is 0 Å².